The smallest absolute Gasteiger partial charge is 0.404 e. The van der Waals surface area contributed by atoms with Crippen LogP contribution >= 0.6 is 0 Å². The molecular formula is C22H24F3N3O5S. The molecule has 1 saturated heterocycles. The maximum atomic E-state index is 13.1. The fraction of sp³-hybridized carbons (Fsp3) is 0.364. The molecule has 1 aliphatic rings. The van der Waals surface area contributed by atoms with E-state index in [0.717, 1.165) is 17.7 Å². The number of ether oxygens (including phenoxy) is 1. The quantitative estimate of drug-likeness (QED) is 0.594. The topological polar surface area (TPSA) is 99.2 Å². The largest absolute Gasteiger partial charge is 0.573 e. The lowest BCUT2D eigenvalue weighted by molar-refractivity contribution is -0.274. The molecule has 184 valence electrons. The Bertz CT molecular complexity index is 1070. The summed E-state index contributed by atoms with van der Waals surface area (Å²) < 4.78 is 64.0. The van der Waals surface area contributed by atoms with Crippen LogP contribution in [0.25, 0.3) is 0 Å². The molecule has 1 aliphatic heterocycles. The third-order valence-electron chi connectivity index (χ3n) is 5.54. The molecule has 0 radical (unpaired) electrons. The highest BCUT2D eigenvalue weighted by Gasteiger charge is 2.36. The van der Waals surface area contributed by atoms with Gasteiger partial charge in [-0.05, 0) is 37.6 Å². The molecule has 2 amide bonds. The van der Waals surface area contributed by atoms with Crippen LogP contribution in [0, 0.1) is 0 Å². The number of rotatable bonds is 6. The molecule has 1 unspecified atom stereocenters. The highest BCUT2D eigenvalue weighted by Crippen LogP contribution is 2.32. The van der Waals surface area contributed by atoms with Gasteiger partial charge in [0.25, 0.3) is 17.2 Å². The fourth-order valence-corrected chi connectivity index (χ4v) is 4.07. The van der Waals surface area contributed by atoms with Gasteiger partial charge in [-0.3, -0.25) is 18.9 Å². The highest BCUT2D eigenvalue weighted by molar-refractivity contribution is 7.80. The van der Waals surface area contributed by atoms with Crippen LogP contribution in [0.15, 0.2) is 48.5 Å². The maximum Gasteiger partial charge on any atom is 0.573 e. The second-order valence-electron chi connectivity index (χ2n) is 8.19. The Balaban J connectivity index is 1.71. The summed E-state index contributed by atoms with van der Waals surface area (Å²) in [6, 6.07) is 12.5. The van der Waals surface area contributed by atoms with E-state index < -0.39 is 40.4 Å². The molecule has 2 aromatic rings. The zero-order valence-electron chi connectivity index (χ0n) is 18.5. The van der Waals surface area contributed by atoms with Gasteiger partial charge in [-0.15, -0.1) is 13.2 Å². The van der Waals surface area contributed by atoms with Gasteiger partial charge in [-0.25, -0.2) is 4.21 Å². The molecule has 8 nitrogen and oxygen atoms in total. The van der Waals surface area contributed by atoms with Crippen LogP contribution in [0.2, 0.25) is 0 Å². The van der Waals surface area contributed by atoms with Gasteiger partial charge in [-0.2, -0.15) is 0 Å². The van der Waals surface area contributed by atoms with Crippen LogP contribution in [0.4, 0.5) is 18.9 Å². The second kappa shape index (κ2) is 10.0. The summed E-state index contributed by atoms with van der Waals surface area (Å²) in [5, 5.41) is 0. The van der Waals surface area contributed by atoms with Crippen molar-refractivity contribution in [3.8, 4) is 5.75 Å². The van der Waals surface area contributed by atoms with Crippen molar-refractivity contribution in [1.82, 2.24) is 9.80 Å². The highest BCUT2D eigenvalue weighted by atomic mass is 32.2. The van der Waals surface area contributed by atoms with Gasteiger partial charge in [0.05, 0.1) is 11.1 Å². The lowest BCUT2D eigenvalue weighted by Gasteiger charge is -2.38. The zero-order valence-corrected chi connectivity index (χ0v) is 19.3. The molecule has 2 N–H and O–H groups in total. The summed E-state index contributed by atoms with van der Waals surface area (Å²) in [5.74, 6) is -1.43. The Morgan fingerprint density at radius 1 is 1.00 bits per heavy atom. The average Bonchev–Trinajstić information content (AvgIpc) is 2.78. The molecule has 0 bridgehead atoms. The summed E-state index contributed by atoms with van der Waals surface area (Å²) in [4.78, 5) is 29.1. The third-order valence-corrected chi connectivity index (χ3v) is 5.93. The lowest BCUT2D eigenvalue weighted by atomic mass is 9.83. The van der Waals surface area contributed by atoms with E-state index in [1.807, 2.05) is 48.9 Å². The number of anilines is 1. The summed E-state index contributed by atoms with van der Waals surface area (Å²) in [7, 11) is 0. The van der Waals surface area contributed by atoms with Gasteiger partial charge < -0.3 is 14.5 Å². The molecule has 1 heterocycles. The monoisotopic (exact) mass is 499 g/mol. The van der Waals surface area contributed by atoms with Crippen molar-refractivity contribution < 1.29 is 36.3 Å². The number of carbonyl (C=O) groups is 2. The number of hydrogen-bond donors (Lipinski definition) is 2. The van der Waals surface area contributed by atoms with E-state index in [-0.39, 0.29) is 37.6 Å². The number of nitrogens with one attached hydrogen (secondary N) is 1. The number of hydrogen-bond acceptors (Lipinski definition) is 4. The van der Waals surface area contributed by atoms with Crippen LogP contribution in [0.3, 0.4) is 0 Å². The van der Waals surface area contributed by atoms with E-state index in [1.165, 1.54) is 11.0 Å². The Labute approximate surface area is 197 Å². The van der Waals surface area contributed by atoms with Crippen LogP contribution in [-0.4, -0.2) is 62.9 Å². The number of amides is 2. The molecule has 2 aromatic carbocycles. The number of halogens is 3. The van der Waals surface area contributed by atoms with E-state index in [2.05, 4.69) is 4.74 Å². The van der Waals surface area contributed by atoms with Gasteiger partial charge in [0, 0.05) is 31.7 Å². The summed E-state index contributed by atoms with van der Waals surface area (Å²) in [6.45, 7) is 4.61. The zero-order chi connectivity index (χ0) is 25.1. The first-order valence-corrected chi connectivity index (χ1v) is 11.4. The van der Waals surface area contributed by atoms with Crippen molar-refractivity contribution in [2.24, 2.45) is 0 Å². The number of nitrogens with zero attached hydrogens (tertiary/aromatic N) is 2. The summed E-state index contributed by atoms with van der Waals surface area (Å²) >= 11 is -2.64. The summed E-state index contributed by atoms with van der Waals surface area (Å²) in [6.07, 6.45) is -5.06. The lowest BCUT2D eigenvalue weighted by Crippen LogP contribution is -2.54. The van der Waals surface area contributed by atoms with Crippen molar-refractivity contribution in [3.63, 3.8) is 0 Å². The minimum absolute atomic E-state index is 0.0842. The normalized spacial score (nSPS) is 15.6. The summed E-state index contributed by atoms with van der Waals surface area (Å²) in [5.41, 5.74) is -0.369. The SMILES string of the molecule is CC(C)(C(=O)N1CCN(C(=O)c2ccc(NS(=O)O)c(OC(F)(F)F)c2)CC1)c1ccccc1. The number of piperazine rings is 1. The predicted octanol–water partition coefficient (Wildman–Crippen LogP) is 3.40. The van der Waals surface area contributed by atoms with Crippen molar-refractivity contribution in [2.45, 2.75) is 25.6 Å². The Hall–Kier alpha value is -3.12. The van der Waals surface area contributed by atoms with Crippen LogP contribution in [0.1, 0.15) is 29.8 Å². The standard InChI is InChI=1S/C22H24F3N3O5S/c1-21(2,16-6-4-3-5-7-16)20(30)28-12-10-27(11-13-28)19(29)15-8-9-17(26-34(31)32)18(14-15)33-22(23,24)25/h3-9,14,26H,10-13H2,1-2H3,(H,31,32). The maximum absolute atomic E-state index is 13.1. The van der Waals surface area contributed by atoms with Crippen molar-refractivity contribution in [1.29, 1.82) is 0 Å². The number of benzene rings is 2. The van der Waals surface area contributed by atoms with Gasteiger partial charge in [0.15, 0.2) is 5.75 Å². The number of alkyl halides is 3. The molecular weight excluding hydrogens is 475 g/mol. The molecule has 34 heavy (non-hydrogen) atoms. The van der Waals surface area contributed by atoms with E-state index in [1.54, 1.807) is 4.90 Å². The first-order chi connectivity index (χ1) is 15.9. The number of carbonyl (C=O) groups excluding carboxylic acids is 2. The van der Waals surface area contributed by atoms with E-state index in [4.69, 9.17) is 4.55 Å². The van der Waals surface area contributed by atoms with Gasteiger partial charge in [-0.1, -0.05) is 30.3 Å². The predicted molar refractivity (Wildman–Crippen MR) is 119 cm³/mol. The van der Waals surface area contributed by atoms with Crippen molar-refractivity contribution in [3.05, 3.63) is 59.7 Å². The van der Waals surface area contributed by atoms with Gasteiger partial charge in [0.1, 0.15) is 0 Å². The molecule has 1 fully saturated rings. The van der Waals surface area contributed by atoms with Crippen molar-refractivity contribution >= 4 is 28.8 Å². The molecule has 0 spiro atoms. The minimum atomic E-state index is -5.06. The molecule has 12 heteroatoms. The first-order valence-electron chi connectivity index (χ1n) is 10.3. The van der Waals surface area contributed by atoms with Gasteiger partial charge >= 0.3 is 6.36 Å². The van der Waals surface area contributed by atoms with Crippen molar-refractivity contribution in [2.75, 3.05) is 30.9 Å². The molecule has 0 saturated carbocycles. The first kappa shape index (κ1) is 25.5. The second-order valence-corrected chi connectivity index (χ2v) is 8.89. The minimum Gasteiger partial charge on any atom is -0.404 e. The molecule has 3 rings (SSSR count). The van der Waals surface area contributed by atoms with Crippen LogP contribution in [-0.2, 0) is 21.5 Å². The van der Waals surface area contributed by atoms with Gasteiger partial charge in [0.2, 0.25) is 5.91 Å². The van der Waals surface area contributed by atoms with Crippen LogP contribution in [0.5, 0.6) is 5.75 Å². The fourth-order valence-electron chi connectivity index (χ4n) is 3.71. The third kappa shape index (κ3) is 6.06. The molecule has 1 atom stereocenters. The Kier molecular flexibility index (Phi) is 7.51. The van der Waals surface area contributed by atoms with Crippen LogP contribution < -0.4 is 9.46 Å². The van der Waals surface area contributed by atoms with E-state index in [9.17, 15) is 27.0 Å². The average molecular weight is 500 g/mol. The molecule has 0 aliphatic carbocycles. The molecule has 0 aromatic heterocycles. The van der Waals surface area contributed by atoms with E-state index >= 15 is 0 Å². The van der Waals surface area contributed by atoms with E-state index in [0.29, 0.717) is 0 Å². The Morgan fingerprint density at radius 3 is 2.15 bits per heavy atom. The Morgan fingerprint density at radius 2 is 1.59 bits per heavy atom.